The smallest absolute Gasteiger partial charge is 0.356 e. The Labute approximate surface area is 189 Å². The Kier molecular flexibility index (Phi) is 6.70. The third-order valence-corrected chi connectivity index (χ3v) is 7.52. The molecule has 2 aliphatic heterocycles. The molecule has 0 aromatic carbocycles. The highest BCUT2D eigenvalue weighted by Gasteiger charge is 2.56. The van der Waals surface area contributed by atoms with E-state index < -0.39 is 42.7 Å². The number of ether oxygens (including phenoxy) is 1. The first-order chi connectivity index (χ1) is 15.6. The van der Waals surface area contributed by atoms with Gasteiger partial charge >= 0.3 is 6.36 Å². The van der Waals surface area contributed by atoms with Gasteiger partial charge in [0.05, 0.1) is 6.04 Å². The highest BCUT2D eigenvalue weighted by atomic mass is 19.4. The van der Waals surface area contributed by atoms with Crippen molar-refractivity contribution in [3.8, 4) is 0 Å². The van der Waals surface area contributed by atoms with E-state index in [2.05, 4.69) is 15.4 Å². The Hall–Kier alpha value is -2.17. The molecule has 11 heteroatoms. The van der Waals surface area contributed by atoms with Crippen LogP contribution in [0, 0.1) is 17.3 Å². The summed E-state index contributed by atoms with van der Waals surface area (Å²) < 4.78 is 41.1. The number of likely N-dealkylation sites (tertiary alicyclic amines) is 1. The van der Waals surface area contributed by atoms with Crippen LogP contribution in [0.5, 0.6) is 0 Å². The number of ketones is 1. The van der Waals surface area contributed by atoms with Gasteiger partial charge in [0.15, 0.2) is 5.78 Å². The summed E-state index contributed by atoms with van der Waals surface area (Å²) in [4.78, 5) is 52.5. The first-order valence-corrected chi connectivity index (χ1v) is 11.7. The normalized spacial score (nSPS) is 27.6. The molecule has 2 saturated heterocycles. The molecular weight excluding hydrogens is 443 g/mol. The third kappa shape index (κ3) is 5.67. The van der Waals surface area contributed by atoms with Gasteiger partial charge in [-0.2, -0.15) is 0 Å². The van der Waals surface area contributed by atoms with E-state index in [1.165, 1.54) is 0 Å². The molecule has 0 aromatic heterocycles. The van der Waals surface area contributed by atoms with Crippen molar-refractivity contribution in [2.24, 2.45) is 17.3 Å². The van der Waals surface area contributed by atoms with Crippen molar-refractivity contribution in [1.82, 2.24) is 15.5 Å². The summed E-state index contributed by atoms with van der Waals surface area (Å²) in [6.45, 7) is -0.338. The van der Waals surface area contributed by atoms with Crippen molar-refractivity contribution in [3.63, 3.8) is 0 Å². The Balaban J connectivity index is 1.46. The summed E-state index contributed by atoms with van der Waals surface area (Å²) in [5.41, 5.74) is -0.0689. The van der Waals surface area contributed by atoms with Gasteiger partial charge in [-0.3, -0.25) is 23.9 Å². The number of carbonyl (C=O) groups is 4. The first kappa shape index (κ1) is 24.0. The molecule has 4 fully saturated rings. The highest BCUT2D eigenvalue weighted by Crippen LogP contribution is 2.55. The van der Waals surface area contributed by atoms with E-state index in [0.29, 0.717) is 25.9 Å². The van der Waals surface area contributed by atoms with Crippen molar-refractivity contribution in [1.29, 1.82) is 0 Å². The lowest BCUT2D eigenvalue weighted by Crippen LogP contribution is -2.53. The summed E-state index contributed by atoms with van der Waals surface area (Å²) in [5.74, 6) is -2.53. The van der Waals surface area contributed by atoms with Crippen LogP contribution in [-0.2, 0) is 23.9 Å². The second kappa shape index (κ2) is 9.23. The summed E-state index contributed by atoms with van der Waals surface area (Å²) >= 11 is 0. The molecule has 2 N–H and O–H groups in total. The molecule has 184 valence electrons. The number of nitrogens with one attached hydrogen (secondary N) is 2. The minimum absolute atomic E-state index is 0.0464. The van der Waals surface area contributed by atoms with Gasteiger partial charge in [-0.25, -0.2) is 0 Å². The van der Waals surface area contributed by atoms with Crippen molar-refractivity contribution < 1.29 is 37.1 Å². The monoisotopic (exact) mass is 473 g/mol. The van der Waals surface area contributed by atoms with Crippen LogP contribution in [0.1, 0.15) is 57.8 Å². The molecule has 2 aliphatic carbocycles. The Morgan fingerprint density at radius 2 is 1.88 bits per heavy atom. The first-order valence-electron chi connectivity index (χ1n) is 11.7. The van der Waals surface area contributed by atoms with E-state index in [1.54, 1.807) is 4.90 Å². The van der Waals surface area contributed by atoms with E-state index in [0.717, 1.165) is 38.5 Å². The molecule has 2 saturated carbocycles. The summed E-state index contributed by atoms with van der Waals surface area (Å²) in [6.07, 6.45) is 1.22. The fourth-order valence-corrected chi connectivity index (χ4v) is 5.42. The molecule has 3 atom stereocenters. The zero-order valence-corrected chi connectivity index (χ0v) is 18.4. The quantitative estimate of drug-likeness (QED) is 0.558. The standard InChI is InChI=1S/C22H30F3N3O5/c23-22(24,25)33-11-17(29)15(9-14-5-8-26-18(14)30)27-19(31)16-10-21(6-7-21)12-28(16)20(32)13-3-1-2-4-13/h13-16H,1-12H2,(H,26,30)(H,27,31)/t14-,15-,16-/m0/s1. The van der Waals surface area contributed by atoms with Gasteiger partial charge in [0, 0.05) is 24.9 Å². The number of amides is 3. The second-order valence-electron chi connectivity index (χ2n) is 9.94. The van der Waals surface area contributed by atoms with Gasteiger partial charge in [-0.15, -0.1) is 13.2 Å². The number of carbonyl (C=O) groups excluding carboxylic acids is 4. The Bertz CT molecular complexity index is 808. The maximum Gasteiger partial charge on any atom is 0.522 e. The van der Waals surface area contributed by atoms with E-state index in [9.17, 15) is 32.3 Å². The molecule has 2 heterocycles. The van der Waals surface area contributed by atoms with Gasteiger partial charge in [-0.05, 0) is 50.4 Å². The lowest BCUT2D eigenvalue weighted by atomic mass is 9.95. The molecule has 0 radical (unpaired) electrons. The molecule has 33 heavy (non-hydrogen) atoms. The van der Waals surface area contributed by atoms with Crippen molar-refractivity contribution in [2.75, 3.05) is 19.7 Å². The fourth-order valence-electron chi connectivity index (χ4n) is 5.42. The van der Waals surface area contributed by atoms with Crippen LogP contribution in [0.4, 0.5) is 13.2 Å². The van der Waals surface area contributed by atoms with Gasteiger partial charge in [0.1, 0.15) is 12.6 Å². The van der Waals surface area contributed by atoms with Gasteiger partial charge in [0.25, 0.3) is 0 Å². The van der Waals surface area contributed by atoms with Crippen LogP contribution < -0.4 is 10.6 Å². The molecule has 4 rings (SSSR count). The average molecular weight is 473 g/mol. The summed E-state index contributed by atoms with van der Waals surface area (Å²) in [6, 6.07) is -2.05. The molecular formula is C22H30F3N3O5. The summed E-state index contributed by atoms with van der Waals surface area (Å²) in [7, 11) is 0. The maximum atomic E-state index is 13.2. The molecule has 8 nitrogen and oxygen atoms in total. The van der Waals surface area contributed by atoms with Crippen LogP contribution in [0.15, 0.2) is 0 Å². The molecule has 0 unspecified atom stereocenters. The van der Waals surface area contributed by atoms with Crippen LogP contribution in [0.3, 0.4) is 0 Å². The summed E-state index contributed by atoms with van der Waals surface area (Å²) in [5, 5.41) is 5.20. The third-order valence-electron chi connectivity index (χ3n) is 7.52. The Morgan fingerprint density at radius 3 is 2.45 bits per heavy atom. The highest BCUT2D eigenvalue weighted by molar-refractivity contribution is 5.94. The molecule has 4 aliphatic rings. The maximum absolute atomic E-state index is 13.2. The lowest BCUT2D eigenvalue weighted by molar-refractivity contribution is -0.321. The van der Waals surface area contributed by atoms with E-state index in [4.69, 9.17) is 0 Å². The minimum atomic E-state index is -4.98. The van der Waals surface area contributed by atoms with Crippen molar-refractivity contribution in [3.05, 3.63) is 0 Å². The number of alkyl halides is 3. The number of rotatable bonds is 8. The largest absolute Gasteiger partial charge is 0.522 e. The molecule has 0 bridgehead atoms. The minimum Gasteiger partial charge on any atom is -0.356 e. The van der Waals surface area contributed by atoms with Crippen LogP contribution in [0.25, 0.3) is 0 Å². The van der Waals surface area contributed by atoms with Gasteiger partial charge in [-0.1, -0.05) is 12.8 Å². The van der Waals surface area contributed by atoms with E-state index >= 15 is 0 Å². The van der Waals surface area contributed by atoms with Gasteiger partial charge < -0.3 is 15.5 Å². The average Bonchev–Trinajstić information content (AvgIpc) is 3.13. The number of hydrogen-bond acceptors (Lipinski definition) is 5. The zero-order chi connectivity index (χ0) is 23.8. The number of nitrogens with zero attached hydrogens (tertiary/aromatic N) is 1. The van der Waals surface area contributed by atoms with Crippen molar-refractivity contribution >= 4 is 23.5 Å². The SMILES string of the molecule is O=C1NCC[C@H]1C[C@H](NC(=O)[C@@H]1CC2(CC2)CN1C(=O)C1CCCC1)C(=O)COC(F)(F)F. The topological polar surface area (TPSA) is 105 Å². The predicted molar refractivity (Wildman–Crippen MR) is 108 cm³/mol. The Morgan fingerprint density at radius 1 is 1.18 bits per heavy atom. The lowest BCUT2D eigenvalue weighted by Gasteiger charge is -2.28. The van der Waals surface area contributed by atoms with Gasteiger partial charge in [0.2, 0.25) is 17.7 Å². The molecule has 1 spiro atoms. The fraction of sp³-hybridized carbons (Fsp3) is 0.818. The van der Waals surface area contributed by atoms with Crippen LogP contribution >= 0.6 is 0 Å². The second-order valence-corrected chi connectivity index (χ2v) is 9.94. The predicted octanol–water partition coefficient (Wildman–Crippen LogP) is 1.67. The van der Waals surface area contributed by atoms with Crippen LogP contribution in [0.2, 0.25) is 0 Å². The van der Waals surface area contributed by atoms with E-state index in [-0.39, 0.29) is 29.6 Å². The van der Waals surface area contributed by atoms with Crippen molar-refractivity contribution in [2.45, 2.75) is 76.2 Å². The van der Waals surface area contributed by atoms with Crippen LogP contribution in [-0.4, -0.2) is 66.5 Å². The number of halogens is 3. The number of hydrogen-bond donors (Lipinski definition) is 2. The molecule has 3 amide bonds. The van der Waals surface area contributed by atoms with E-state index in [1.807, 2.05) is 0 Å². The zero-order valence-electron chi connectivity index (χ0n) is 18.4. The molecule has 0 aromatic rings. The number of Topliss-reactive ketones (excluding diaryl/α,β-unsaturated/α-hetero) is 1.